The third-order valence-electron chi connectivity index (χ3n) is 4.75. The molecule has 1 heterocycles. The van der Waals surface area contributed by atoms with Crippen LogP contribution in [-0.2, 0) is 11.3 Å². The van der Waals surface area contributed by atoms with Crippen molar-refractivity contribution < 1.29 is 13.9 Å². The van der Waals surface area contributed by atoms with Gasteiger partial charge in [0.25, 0.3) is 0 Å². The third-order valence-corrected chi connectivity index (χ3v) is 4.75. The number of aryl methyl sites for hydroxylation is 1. The Balaban J connectivity index is 0.000000520. The summed E-state index contributed by atoms with van der Waals surface area (Å²) in [4.78, 5) is 15.4. The van der Waals surface area contributed by atoms with Crippen molar-refractivity contribution in [3.8, 4) is 17.2 Å². The van der Waals surface area contributed by atoms with Crippen molar-refractivity contribution in [2.24, 2.45) is 0 Å². The normalized spacial score (nSPS) is 9.94. The number of hydrogen-bond acceptors (Lipinski definition) is 6. The minimum atomic E-state index is 0.438. The molecule has 0 fully saturated rings. The molecule has 0 bridgehead atoms. The average molecular weight is 455 g/mol. The Morgan fingerprint density at radius 3 is 2.18 bits per heavy atom. The number of amides is 1. The summed E-state index contributed by atoms with van der Waals surface area (Å²) in [5.41, 5.74) is 2.55. The van der Waals surface area contributed by atoms with E-state index < -0.39 is 0 Å². The number of rotatable bonds is 9. The van der Waals surface area contributed by atoms with E-state index in [1.807, 2.05) is 62.4 Å². The summed E-state index contributed by atoms with van der Waals surface area (Å²) >= 11 is 0. The molecule has 0 N–H and O–H groups in total. The molecular weight excluding hydrogens is 416 g/mol. The van der Waals surface area contributed by atoms with E-state index in [0.29, 0.717) is 24.1 Å². The Hall–Kier alpha value is -3.19. The fourth-order valence-corrected chi connectivity index (χ4v) is 2.95. The first kappa shape index (κ1) is 27.8. The van der Waals surface area contributed by atoms with E-state index >= 15 is 0 Å². The highest BCUT2D eigenvalue weighted by molar-refractivity contribution is 5.78. The number of methoxy groups -OCH3 is 1. The number of carbonyl (C=O) groups is 1. The minimum absolute atomic E-state index is 0.438. The molecule has 0 saturated carbocycles. The number of carbonyl (C=O) groups excluding carboxylic acids is 1. The minimum Gasteiger partial charge on any atom is -0.495 e. The lowest BCUT2D eigenvalue weighted by atomic mass is 10.1. The maximum atomic E-state index is 11.5. The van der Waals surface area contributed by atoms with Gasteiger partial charge in [-0.3, -0.25) is 4.79 Å². The molecule has 0 unspecified atom stereocenters. The summed E-state index contributed by atoms with van der Waals surface area (Å²) in [6.45, 7) is 13.0. The Morgan fingerprint density at radius 2 is 1.70 bits per heavy atom. The van der Waals surface area contributed by atoms with Gasteiger partial charge < -0.3 is 19.0 Å². The predicted octanol–water partition coefficient (Wildman–Crippen LogP) is 5.59. The Kier molecular flexibility index (Phi) is 13.2. The van der Waals surface area contributed by atoms with Crippen LogP contribution in [0.4, 0.5) is 5.69 Å². The van der Waals surface area contributed by atoms with Crippen LogP contribution in [0.1, 0.15) is 45.6 Å². The molecule has 0 saturated heterocycles. The molecule has 1 amide bonds. The molecular formula is C26H38N4O3. The second-order valence-corrected chi connectivity index (χ2v) is 7.12. The molecule has 3 aromatic rings. The van der Waals surface area contributed by atoms with Gasteiger partial charge in [0.05, 0.1) is 19.3 Å². The van der Waals surface area contributed by atoms with Gasteiger partial charge in [-0.25, -0.2) is 0 Å². The van der Waals surface area contributed by atoms with E-state index in [4.69, 9.17) is 9.15 Å². The van der Waals surface area contributed by atoms with Crippen molar-refractivity contribution in [3.63, 3.8) is 0 Å². The number of anilines is 1. The third kappa shape index (κ3) is 9.06. The molecule has 0 aliphatic rings. The van der Waals surface area contributed by atoms with Crippen LogP contribution < -0.4 is 9.64 Å². The van der Waals surface area contributed by atoms with Crippen LogP contribution in [0.25, 0.3) is 11.5 Å². The fourth-order valence-electron chi connectivity index (χ4n) is 2.95. The van der Waals surface area contributed by atoms with Gasteiger partial charge in [0.15, 0.2) is 0 Å². The Bertz CT molecular complexity index is 925. The lowest BCUT2D eigenvalue weighted by Gasteiger charge is -2.20. The lowest BCUT2D eigenvalue weighted by molar-refractivity contribution is -0.107. The molecule has 7 nitrogen and oxygen atoms in total. The topological polar surface area (TPSA) is 71.7 Å². The monoisotopic (exact) mass is 454 g/mol. The summed E-state index contributed by atoms with van der Waals surface area (Å²) in [7, 11) is 3.73. The maximum absolute atomic E-state index is 11.5. The van der Waals surface area contributed by atoms with E-state index in [-0.39, 0.29) is 0 Å². The first-order valence-electron chi connectivity index (χ1n) is 11.4. The van der Waals surface area contributed by atoms with Crippen LogP contribution in [0.15, 0.2) is 52.9 Å². The molecule has 33 heavy (non-hydrogen) atoms. The zero-order valence-electron chi connectivity index (χ0n) is 21.0. The summed E-state index contributed by atoms with van der Waals surface area (Å²) < 4.78 is 10.7. The van der Waals surface area contributed by atoms with Crippen molar-refractivity contribution in [1.29, 1.82) is 0 Å². The van der Waals surface area contributed by atoms with Crippen molar-refractivity contribution >= 4 is 12.1 Å². The zero-order chi connectivity index (χ0) is 24.6. The molecule has 180 valence electrons. The molecule has 0 radical (unpaired) electrons. The van der Waals surface area contributed by atoms with Crippen LogP contribution in [0.3, 0.4) is 0 Å². The summed E-state index contributed by atoms with van der Waals surface area (Å²) in [6, 6.07) is 15.1. The maximum Gasteiger partial charge on any atom is 0.247 e. The highest BCUT2D eigenvalue weighted by atomic mass is 16.5. The van der Waals surface area contributed by atoms with Gasteiger partial charge in [0.2, 0.25) is 18.2 Å². The molecule has 3 rings (SSSR count). The van der Waals surface area contributed by atoms with E-state index in [9.17, 15) is 4.79 Å². The van der Waals surface area contributed by atoms with E-state index in [2.05, 4.69) is 36.0 Å². The first-order valence-corrected chi connectivity index (χ1v) is 11.4. The smallest absolute Gasteiger partial charge is 0.247 e. The largest absolute Gasteiger partial charge is 0.495 e. The molecule has 7 heteroatoms. The number of nitrogens with zero attached hydrogens (tertiary/aromatic N) is 4. The highest BCUT2D eigenvalue weighted by Gasteiger charge is 2.12. The van der Waals surface area contributed by atoms with Crippen LogP contribution >= 0.6 is 0 Å². The standard InChI is InChI=1S/C18H17N3O3.C6H15N.C2H6/c1-13-19-20-18(24-13)15-9-7-14(8-10-15)11-21(12-22)16-5-3-4-6-17(16)23-2;1-4-6-7(3)5-2;1-2/h3-10,12H,11H2,1-2H3;4-6H2,1-3H3;1-2H3. The van der Waals surface area contributed by atoms with Gasteiger partial charge in [-0.05, 0) is 56.4 Å². The molecule has 0 aliphatic heterocycles. The van der Waals surface area contributed by atoms with Crippen molar-refractivity contribution in [1.82, 2.24) is 15.1 Å². The molecule has 0 aliphatic carbocycles. The number of benzene rings is 2. The SMILES string of the molecule is CC.CCCN(C)CC.COc1ccccc1N(C=O)Cc1ccc(-c2nnc(C)o2)cc1. The summed E-state index contributed by atoms with van der Waals surface area (Å²) in [6.07, 6.45) is 2.07. The molecule has 0 spiro atoms. The van der Waals surface area contributed by atoms with Crippen LogP contribution in [-0.4, -0.2) is 48.8 Å². The van der Waals surface area contributed by atoms with Crippen LogP contribution in [0.5, 0.6) is 5.75 Å². The molecule has 1 aromatic heterocycles. The highest BCUT2D eigenvalue weighted by Crippen LogP contribution is 2.28. The average Bonchev–Trinajstić information content (AvgIpc) is 3.31. The van der Waals surface area contributed by atoms with E-state index in [1.54, 1.807) is 18.9 Å². The number of ether oxygens (including phenoxy) is 1. The lowest BCUT2D eigenvalue weighted by Crippen LogP contribution is -2.20. The summed E-state index contributed by atoms with van der Waals surface area (Å²) in [5, 5.41) is 7.81. The summed E-state index contributed by atoms with van der Waals surface area (Å²) in [5.74, 6) is 1.66. The van der Waals surface area contributed by atoms with Gasteiger partial charge in [-0.2, -0.15) is 0 Å². The molecule has 0 atom stereocenters. The van der Waals surface area contributed by atoms with Gasteiger partial charge in [0, 0.05) is 12.5 Å². The van der Waals surface area contributed by atoms with Gasteiger partial charge in [-0.1, -0.05) is 52.0 Å². The van der Waals surface area contributed by atoms with Crippen LogP contribution in [0, 0.1) is 6.92 Å². The Morgan fingerprint density at radius 1 is 1.03 bits per heavy atom. The number of para-hydroxylation sites is 2. The van der Waals surface area contributed by atoms with Gasteiger partial charge in [-0.15, -0.1) is 10.2 Å². The zero-order valence-corrected chi connectivity index (χ0v) is 21.0. The first-order chi connectivity index (χ1) is 16.0. The van der Waals surface area contributed by atoms with E-state index in [0.717, 1.165) is 23.2 Å². The van der Waals surface area contributed by atoms with Crippen LogP contribution in [0.2, 0.25) is 0 Å². The fraction of sp³-hybridized carbons (Fsp3) is 0.423. The van der Waals surface area contributed by atoms with Gasteiger partial charge in [0.1, 0.15) is 5.75 Å². The van der Waals surface area contributed by atoms with E-state index in [1.165, 1.54) is 19.5 Å². The van der Waals surface area contributed by atoms with Crippen molar-refractivity contribution in [2.75, 3.05) is 32.1 Å². The van der Waals surface area contributed by atoms with Crippen molar-refractivity contribution in [2.45, 2.75) is 47.6 Å². The quantitative estimate of drug-likeness (QED) is 0.393. The number of aromatic nitrogens is 2. The predicted molar refractivity (Wildman–Crippen MR) is 135 cm³/mol. The second kappa shape index (κ2) is 15.6. The Labute approximate surface area is 198 Å². The second-order valence-electron chi connectivity index (χ2n) is 7.12. The number of hydrogen-bond donors (Lipinski definition) is 0. The molecule has 2 aromatic carbocycles. The van der Waals surface area contributed by atoms with Gasteiger partial charge >= 0.3 is 0 Å². The van der Waals surface area contributed by atoms with Crippen molar-refractivity contribution in [3.05, 3.63) is 60.0 Å².